The van der Waals surface area contributed by atoms with Crippen molar-refractivity contribution in [2.45, 2.75) is 13.3 Å². The Morgan fingerprint density at radius 3 is 2.15 bits per heavy atom. The fourth-order valence-electron chi connectivity index (χ4n) is 2.76. The van der Waals surface area contributed by atoms with E-state index in [1.54, 1.807) is 24.3 Å². The zero-order valence-corrected chi connectivity index (χ0v) is 15.3. The van der Waals surface area contributed by atoms with Gasteiger partial charge in [0, 0.05) is 5.69 Å². The van der Waals surface area contributed by atoms with E-state index in [4.69, 9.17) is 9.47 Å². The van der Waals surface area contributed by atoms with E-state index in [1.807, 2.05) is 31.2 Å². The topological polar surface area (TPSA) is 81.7 Å². The van der Waals surface area contributed by atoms with Gasteiger partial charge in [0.15, 0.2) is 9.84 Å². The summed E-state index contributed by atoms with van der Waals surface area (Å²) in [6, 6.07) is 14.3. The van der Waals surface area contributed by atoms with Gasteiger partial charge >= 0.3 is 0 Å². The molecule has 1 N–H and O–H groups in total. The number of carbonyl (C=O) groups excluding carboxylic acids is 1. The summed E-state index contributed by atoms with van der Waals surface area (Å²) in [4.78, 5) is 12.1. The van der Waals surface area contributed by atoms with Crippen molar-refractivity contribution < 1.29 is 22.7 Å². The van der Waals surface area contributed by atoms with Crippen molar-refractivity contribution in [1.82, 2.24) is 0 Å². The van der Waals surface area contributed by atoms with Crippen molar-refractivity contribution in [1.29, 1.82) is 0 Å². The zero-order valence-electron chi connectivity index (χ0n) is 14.5. The molecular weight excluding hydrogens is 354 g/mol. The standard InChI is InChI=1S/C19H21NO5S/c1-2-24-16-7-9-18(10-8-16)25-17-5-3-15(4-6-17)20-19(21)14-11-12-26(22,23)13-14/h3-10,14H,2,11-13H2,1H3,(H,20,21)/t14-/m1/s1. The molecule has 1 saturated heterocycles. The lowest BCUT2D eigenvalue weighted by Crippen LogP contribution is -2.23. The first-order valence-corrected chi connectivity index (χ1v) is 10.3. The Kier molecular flexibility index (Phi) is 5.46. The van der Waals surface area contributed by atoms with E-state index < -0.39 is 15.8 Å². The number of carbonyl (C=O) groups is 1. The molecule has 0 saturated carbocycles. The Morgan fingerprint density at radius 2 is 1.62 bits per heavy atom. The molecule has 2 aromatic carbocycles. The normalized spacial score (nSPS) is 18.3. The summed E-state index contributed by atoms with van der Waals surface area (Å²) in [7, 11) is -3.07. The highest BCUT2D eigenvalue weighted by Crippen LogP contribution is 2.26. The third kappa shape index (κ3) is 4.76. The van der Waals surface area contributed by atoms with Crippen molar-refractivity contribution in [2.75, 3.05) is 23.4 Å². The van der Waals surface area contributed by atoms with Crippen molar-refractivity contribution in [3.05, 3.63) is 48.5 Å². The average molecular weight is 375 g/mol. The lowest BCUT2D eigenvalue weighted by Gasteiger charge is -2.11. The predicted molar refractivity (Wildman–Crippen MR) is 99.5 cm³/mol. The summed E-state index contributed by atoms with van der Waals surface area (Å²) in [5.41, 5.74) is 0.610. The van der Waals surface area contributed by atoms with Gasteiger partial charge < -0.3 is 14.8 Å². The van der Waals surface area contributed by atoms with Crippen LogP contribution in [-0.4, -0.2) is 32.4 Å². The molecule has 138 valence electrons. The second kappa shape index (κ2) is 7.78. The number of ether oxygens (including phenoxy) is 2. The maximum Gasteiger partial charge on any atom is 0.228 e. The van der Waals surface area contributed by atoms with Crippen LogP contribution in [0, 0.1) is 5.92 Å². The molecule has 7 heteroatoms. The van der Waals surface area contributed by atoms with Gasteiger partial charge in [0.2, 0.25) is 5.91 Å². The number of amides is 1. The molecule has 0 bridgehead atoms. The third-order valence-corrected chi connectivity index (χ3v) is 5.86. The molecule has 0 unspecified atom stereocenters. The van der Waals surface area contributed by atoms with E-state index in [-0.39, 0.29) is 17.4 Å². The molecule has 1 amide bonds. The monoisotopic (exact) mass is 375 g/mol. The van der Waals surface area contributed by atoms with Crippen molar-refractivity contribution >= 4 is 21.4 Å². The van der Waals surface area contributed by atoms with Gasteiger partial charge in [-0.05, 0) is 61.9 Å². The third-order valence-electron chi connectivity index (χ3n) is 4.10. The summed E-state index contributed by atoms with van der Waals surface area (Å²) in [6.45, 7) is 2.54. The molecule has 1 aliphatic heterocycles. The fraction of sp³-hybridized carbons (Fsp3) is 0.316. The predicted octanol–water partition coefficient (Wildman–Crippen LogP) is 3.25. The number of hydrogen-bond donors (Lipinski definition) is 1. The lowest BCUT2D eigenvalue weighted by atomic mass is 10.1. The summed E-state index contributed by atoms with van der Waals surface area (Å²) in [5, 5.41) is 2.76. The van der Waals surface area contributed by atoms with Crippen molar-refractivity contribution in [3.8, 4) is 17.2 Å². The Morgan fingerprint density at radius 1 is 1.04 bits per heavy atom. The van der Waals surface area contributed by atoms with Crippen molar-refractivity contribution in [2.24, 2.45) is 5.92 Å². The first-order valence-electron chi connectivity index (χ1n) is 8.47. The molecule has 1 atom stereocenters. The molecule has 26 heavy (non-hydrogen) atoms. The summed E-state index contributed by atoms with van der Waals surface area (Å²) >= 11 is 0. The van der Waals surface area contributed by atoms with Gasteiger partial charge in [-0.1, -0.05) is 0 Å². The minimum absolute atomic E-state index is 0.0717. The van der Waals surface area contributed by atoms with E-state index in [2.05, 4.69) is 5.32 Å². The maximum atomic E-state index is 12.1. The molecule has 6 nitrogen and oxygen atoms in total. The van der Waals surface area contributed by atoms with Crippen LogP contribution in [0.3, 0.4) is 0 Å². The van der Waals surface area contributed by atoms with E-state index in [0.717, 1.165) is 5.75 Å². The van der Waals surface area contributed by atoms with Crippen molar-refractivity contribution in [3.63, 3.8) is 0 Å². The molecule has 1 fully saturated rings. The molecule has 0 spiro atoms. The van der Waals surface area contributed by atoms with Crippen LogP contribution in [0.25, 0.3) is 0 Å². The van der Waals surface area contributed by atoms with E-state index in [9.17, 15) is 13.2 Å². The molecule has 0 aromatic heterocycles. The van der Waals surface area contributed by atoms with Crippen LogP contribution in [0.5, 0.6) is 17.2 Å². The molecule has 1 heterocycles. The number of benzene rings is 2. The maximum absolute atomic E-state index is 12.1. The molecule has 2 aromatic rings. The average Bonchev–Trinajstić information content (AvgIpc) is 2.99. The highest BCUT2D eigenvalue weighted by atomic mass is 32.2. The van der Waals surface area contributed by atoms with Gasteiger partial charge in [-0.15, -0.1) is 0 Å². The van der Waals surface area contributed by atoms with Gasteiger partial charge in [0.1, 0.15) is 17.2 Å². The minimum Gasteiger partial charge on any atom is -0.494 e. The highest BCUT2D eigenvalue weighted by molar-refractivity contribution is 7.91. The van der Waals surface area contributed by atoms with Gasteiger partial charge in [-0.3, -0.25) is 4.79 Å². The number of nitrogens with one attached hydrogen (secondary N) is 1. The Bertz CT molecular complexity index is 860. The summed E-state index contributed by atoms with van der Waals surface area (Å²) in [5.74, 6) is 1.38. The summed E-state index contributed by atoms with van der Waals surface area (Å²) < 4.78 is 34.1. The van der Waals surface area contributed by atoms with Crippen LogP contribution < -0.4 is 14.8 Å². The number of hydrogen-bond acceptors (Lipinski definition) is 5. The number of anilines is 1. The first-order chi connectivity index (χ1) is 12.4. The molecule has 0 aliphatic carbocycles. The first kappa shape index (κ1) is 18.3. The lowest BCUT2D eigenvalue weighted by molar-refractivity contribution is -0.119. The van der Waals surface area contributed by atoms with Gasteiger partial charge in [-0.25, -0.2) is 8.42 Å². The van der Waals surface area contributed by atoms with Gasteiger partial charge in [0.25, 0.3) is 0 Å². The molecule has 3 rings (SSSR count). The van der Waals surface area contributed by atoms with Gasteiger partial charge in [0.05, 0.1) is 24.0 Å². The zero-order chi connectivity index (χ0) is 18.6. The molecule has 1 aliphatic rings. The van der Waals surface area contributed by atoms with E-state index >= 15 is 0 Å². The second-order valence-electron chi connectivity index (χ2n) is 6.12. The van der Waals surface area contributed by atoms with Crippen LogP contribution in [-0.2, 0) is 14.6 Å². The highest BCUT2D eigenvalue weighted by Gasteiger charge is 2.32. The largest absolute Gasteiger partial charge is 0.494 e. The summed E-state index contributed by atoms with van der Waals surface area (Å²) in [6.07, 6.45) is 0.382. The van der Waals surface area contributed by atoms with E-state index in [0.29, 0.717) is 30.2 Å². The van der Waals surface area contributed by atoms with Crippen LogP contribution in [0.2, 0.25) is 0 Å². The number of rotatable bonds is 6. The SMILES string of the molecule is CCOc1ccc(Oc2ccc(NC(=O)[C@@H]3CCS(=O)(=O)C3)cc2)cc1. The molecule has 0 radical (unpaired) electrons. The smallest absolute Gasteiger partial charge is 0.228 e. The van der Waals surface area contributed by atoms with Crippen LogP contribution >= 0.6 is 0 Å². The number of sulfone groups is 1. The Balaban J connectivity index is 1.57. The fourth-order valence-corrected chi connectivity index (χ4v) is 4.50. The minimum atomic E-state index is -3.07. The van der Waals surface area contributed by atoms with Crippen LogP contribution in [0.4, 0.5) is 5.69 Å². The Hall–Kier alpha value is -2.54. The van der Waals surface area contributed by atoms with Crippen LogP contribution in [0.1, 0.15) is 13.3 Å². The second-order valence-corrected chi connectivity index (χ2v) is 8.35. The van der Waals surface area contributed by atoms with Crippen LogP contribution in [0.15, 0.2) is 48.5 Å². The van der Waals surface area contributed by atoms with Gasteiger partial charge in [-0.2, -0.15) is 0 Å². The molecular formula is C19H21NO5S. The van der Waals surface area contributed by atoms with E-state index in [1.165, 1.54) is 0 Å². The quantitative estimate of drug-likeness (QED) is 0.838. The Labute approximate surface area is 153 Å².